The number of benzene rings is 2. The van der Waals surface area contributed by atoms with Crippen molar-refractivity contribution in [1.82, 2.24) is 14.9 Å². The van der Waals surface area contributed by atoms with Gasteiger partial charge in [-0.25, -0.2) is 8.42 Å². The number of nitrogens with one attached hydrogen (secondary N) is 2. The highest BCUT2D eigenvalue weighted by Gasteiger charge is 2.28. The van der Waals surface area contributed by atoms with Gasteiger partial charge in [-0.15, -0.1) is 0 Å². The monoisotopic (exact) mass is 485 g/mol. The zero-order valence-corrected chi connectivity index (χ0v) is 20.3. The first-order valence-electron chi connectivity index (χ1n) is 12.1. The van der Waals surface area contributed by atoms with Crippen molar-refractivity contribution in [3.05, 3.63) is 54.1 Å². The van der Waals surface area contributed by atoms with Gasteiger partial charge in [0.05, 0.1) is 17.1 Å². The molecular weight excluding hydrogens is 450 g/mol. The number of nitrogens with two attached hydrogens (primary N) is 2. The third-order valence-corrected chi connectivity index (χ3v) is 8.60. The summed E-state index contributed by atoms with van der Waals surface area (Å²) in [6.07, 6.45) is 4.48. The van der Waals surface area contributed by atoms with Crippen LogP contribution in [0.1, 0.15) is 37.7 Å². The molecule has 0 bridgehead atoms. The molecule has 2 heterocycles. The van der Waals surface area contributed by atoms with Crippen LogP contribution < -0.4 is 22.1 Å². The number of hydrogen-bond donors (Lipinski definition) is 4. The van der Waals surface area contributed by atoms with Crippen LogP contribution in [0.2, 0.25) is 0 Å². The Morgan fingerprint density at radius 3 is 2.21 bits per heavy atom. The van der Waals surface area contributed by atoms with Crippen LogP contribution in [0.15, 0.2) is 53.4 Å². The Labute approximate surface area is 202 Å². The highest BCUT2D eigenvalue weighted by molar-refractivity contribution is 7.89. The Morgan fingerprint density at radius 1 is 1.00 bits per heavy atom. The van der Waals surface area contributed by atoms with Gasteiger partial charge in [0.2, 0.25) is 15.9 Å². The summed E-state index contributed by atoms with van der Waals surface area (Å²) in [5.74, 6) is -0.0359. The second-order valence-corrected chi connectivity index (χ2v) is 11.2. The number of rotatable bonds is 7. The molecule has 9 heteroatoms. The summed E-state index contributed by atoms with van der Waals surface area (Å²) in [7, 11) is -3.50. The zero-order chi connectivity index (χ0) is 24.1. The van der Waals surface area contributed by atoms with Crippen LogP contribution in [-0.4, -0.2) is 56.5 Å². The van der Waals surface area contributed by atoms with Crippen molar-refractivity contribution >= 4 is 15.9 Å². The van der Waals surface area contributed by atoms with E-state index in [1.165, 1.54) is 4.31 Å². The van der Waals surface area contributed by atoms with Crippen LogP contribution in [0.4, 0.5) is 0 Å². The SMILES string of the molecule is NC1CCN(S(=O)(=O)c2ccc(-c3ccc(C[C@@H](N)NC(=O)[C@@H]4CCCCN4)cc3)cc2)CC1. The number of carbonyl (C=O) groups excluding carboxylic acids is 1. The molecular formula is C25H35N5O3S. The molecule has 2 aromatic carbocycles. The lowest BCUT2D eigenvalue weighted by Gasteiger charge is -2.29. The molecule has 2 saturated heterocycles. The number of nitrogens with zero attached hydrogens (tertiary/aromatic N) is 1. The molecule has 2 aromatic rings. The molecule has 184 valence electrons. The van der Waals surface area contributed by atoms with Gasteiger partial charge in [-0.05, 0) is 61.1 Å². The molecule has 0 saturated carbocycles. The maximum absolute atomic E-state index is 12.9. The fraction of sp³-hybridized carbons (Fsp3) is 0.480. The molecule has 2 aliphatic rings. The fourth-order valence-electron chi connectivity index (χ4n) is 4.58. The molecule has 0 aliphatic carbocycles. The molecule has 2 fully saturated rings. The van der Waals surface area contributed by atoms with E-state index in [1.807, 2.05) is 36.4 Å². The zero-order valence-electron chi connectivity index (χ0n) is 19.4. The van der Waals surface area contributed by atoms with Gasteiger partial charge in [0.1, 0.15) is 0 Å². The van der Waals surface area contributed by atoms with Crippen molar-refractivity contribution in [3.8, 4) is 11.1 Å². The minimum absolute atomic E-state index is 0.0359. The molecule has 0 aromatic heterocycles. The van der Waals surface area contributed by atoms with E-state index in [9.17, 15) is 13.2 Å². The number of sulfonamides is 1. The summed E-state index contributed by atoms with van der Waals surface area (Å²) >= 11 is 0. The van der Waals surface area contributed by atoms with Gasteiger partial charge in [-0.1, -0.05) is 42.8 Å². The van der Waals surface area contributed by atoms with Crippen LogP contribution in [0.5, 0.6) is 0 Å². The lowest BCUT2D eigenvalue weighted by atomic mass is 10.0. The van der Waals surface area contributed by atoms with E-state index >= 15 is 0 Å². The van der Waals surface area contributed by atoms with Crippen molar-refractivity contribution in [2.75, 3.05) is 19.6 Å². The Kier molecular flexibility index (Phi) is 8.00. The fourth-order valence-corrected chi connectivity index (χ4v) is 6.05. The highest BCUT2D eigenvalue weighted by Crippen LogP contribution is 2.25. The van der Waals surface area contributed by atoms with E-state index in [4.69, 9.17) is 11.5 Å². The van der Waals surface area contributed by atoms with E-state index in [-0.39, 0.29) is 18.0 Å². The normalized spacial score (nSPS) is 21.2. The molecule has 34 heavy (non-hydrogen) atoms. The lowest BCUT2D eigenvalue weighted by molar-refractivity contribution is -0.124. The molecule has 0 radical (unpaired) electrons. The smallest absolute Gasteiger partial charge is 0.243 e. The predicted octanol–water partition coefficient (Wildman–Crippen LogP) is 1.55. The molecule has 6 N–H and O–H groups in total. The van der Waals surface area contributed by atoms with Gasteiger partial charge < -0.3 is 22.1 Å². The van der Waals surface area contributed by atoms with E-state index in [2.05, 4.69) is 10.6 Å². The topological polar surface area (TPSA) is 131 Å². The van der Waals surface area contributed by atoms with Gasteiger partial charge in [0.25, 0.3) is 0 Å². The number of hydrogen-bond acceptors (Lipinski definition) is 6. The van der Waals surface area contributed by atoms with E-state index < -0.39 is 16.2 Å². The first kappa shape index (κ1) is 24.8. The van der Waals surface area contributed by atoms with Crippen molar-refractivity contribution in [1.29, 1.82) is 0 Å². The number of amides is 1. The summed E-state index contributed by atoms with van der Waals surface area (Å²) in [5.41, 5.74) is 15.0. The summed E-state index contributed by atoms with van der Waals surface area (Å²) < 4.78 is 27.3. The minimum Gasteiger partial charge on any atom is -0.339 e. The number of carbonyl (C=O) groups is 1. The Hall–Kier alpha value is -2.30. The minimum atomic E-state index is -3.50. The van der Waals surface area contributed by atoms with Crippen LogP contribution >= 0.6 is 0 Å². The van der Waals surface area contributed by atoms with Gasteiger partial charge in [-0.3, -0.25) is 4.79 Å². The summed E-state index contributed by atoms with van der Waals surface area (Å²) in [4.78, 5) is 12.6. The molecule has 2 aliphatic heterocycles. The van der Waals surface area contributed by atoms with Crippen molar-refractivity contribution in [2.45, 2.75) is 61.7 Å². The maximum Gasteiger partial charge on any atom is 0.243 e. The standard InChI is InChI=1S/C25H35N5O3S/c26-21-12-15-30(16-13-21)34(32,33)22-10-8-20(9-11-22)19-6-4-18(5-7-19)17-24(27)29-25(31)23-3-1-2-14-28-23/h4-11,21,23-24,28H,1-3,12-17,26-27H2,(H,29,31)/t23-,24-/m0/s1. The van der Waals surface area contributed by atoms with Gasteiger partial charge >= 0.3 is 0 Å². The van der Waals surface area contributed by atoms with Crippen LogP contribution in [0.25, 0.3) is 11.1 Å². The van der Waals surface area contributed by atoms with Crippen LogP contribution in [0.3, 0.4) is 0 Å². The molecule has 0 spiro atoms. The van der Waals surface area contributed by atoms with Crippen molar-refractivity contribution in [2.24, 2.45) is 11.5 Å². The van der Waals surface area contributed by atoms with Gasteiger partial charge in [0.15, 0.2) is 0 Å². The lowest BCUT2D eigenvalue weighted by Crippen LogP contribution is -2.52. The predicted molar refractivity (Wildman–Crippen MR) is 133 cm³/mol. The molecule has 4 rings (SSSR count). The Balaban J connectivity index is 1.34. The van der Waals surface area contributed by atoms with Crippen LogP contribution in [-0.2, 0) is 21.2 Å². The van der Waals surface area contributed by atoms with E-state index in [1.54, 1.807) is 12.1 Å². The third kappa shape index (κ3) is 6.03. The average molecular weight is 486 g/mol. The van der Waals surface area contributed by atoms with E-state index in [0.29, 0.717) is 37.2 Å². The van der Waals surface area contributed by atoms with Gasteiger partial charge in [0, 0.05) is 25.6 Å². The second kappa shape index (κ2) is 11.0. The summed E-state index contributed by atoms with van der Waals surface area (Å²) in [6, 6.07) is 14.9. The second-order valence-electron chi connectivity index (χ2n) is 9.28. The highest BCUT2D eigenvalue weighted by atomic mass is 32.2. The molecule has 0 unspecified atom stereocenters. The molecule has 2 atom stereocenters. The maximum atomic E-state index is 12.9. The quantitative estimate of drug-likeness (QED) is 0.440. The molecule has 1 amide bonds. The summed E-state index contributed by atoms with van der Waals surface area (Å²) in [6.45, 7) is 1.80. The molecule has 8 nitrogen and oxygen atoms in total. The third-order valence-electron chi connectivity index (χ3n) is 6.69. The first-order valence-corrected chi connectivity index (χ1v) is 13.5. The first-order chi connectivity index (χ1) is 16.3. The Morgan fingerprint density at radius 2 is 1.62 bits per heavy atom. The Bertz CT molecular complexity index is 1060. The average Bonchev–Trinajstić information content (AvgIpc) is 2.85. The largest absolute Gasteiger partial charge is 0.339 e. The van der Waals surface area contributed by atoms with Crippen LogP contribution in [0, 0.1) is 0 Å². The summed E-state index contributed by atoms with van der Waals surface area (Å²) in [5, 5.41) is 6.14. The van der Waals surface area contributed by atoms with E-state index in [0.717, 1.165) is 42.5 Å². The van der Waals surface area contributed by atoms with Crippen molar-refractivity contribution in [3.63, 3.8) is 0 Å². The van der Waals surface area contributed by atoms with Crippen molar-refractivity contribution < 1.29 is 13.2 Å². The van der Waals surface area contributed by atoms with Gasteiger partial charge in [-0.2, -0.15) is 4.31 Å². The number of piperidine rings is 2.